The van der Waals surface area contributed by atoms with Gasteiger partial charge in [-0.1, -0.05) is 13.8 Å². The van der Waals surface area contributed by atoms with Crippen LogP contribution in [0.2, 0.25) is 0 Å². The fourth-order valence-corrected chi connectivity index (χ4v) is 2.29. The van der Waals surface area contributed by atoms with Crippen molar-refractivity contribution in [2.45, 2.75) is 32.1 Å². The number of fused-ring (bicyclic) bond motifs is 1. The highest BCUT2D eigenvalue weighted by Crippen LogP contribution is 2.38. The van der Waals surface area contributed by atoms with E-state index in [0.29, 0.717) is 18.7 Å². The molecule has 0 bridgehead atoms. The molecule has 0 aliphatic heterocycles. The molecule has 1 aliphatic rings. The maximum absolute atomic E-state index is 11.5. The van der Waals surface area contributed by atoms with Gasteiger partial charge in [0.15, 0.2) is 0 Å². The standard InChI is InChI=1S/C10H15N3O/c1-10(2)5-6(14)4-7-8(10)9(11)13(3)12-7/h4-5,11H2,1-3H3. The van der Waals surface area contributed by atoms with Gasteiger partial charge in [0, 0.05) is 24.4 Å². The molecule has 0 spiro atoms. The van der Waals surface area contributed by atoms with Crippen LogP contribution in [0.15, 0.2) is 0 Å². The number of nitrogen functional groups attached to an aromatic ring is 1. The zero-order valence-corrected chi connectivity index (χ0v) is 8.79. The molecular formula is C10H15N3O. The van der Waals surface area contributed by atoms with Crippen molar-refractivity contribution in [2.24, 2.45) is 7.05 Å². The molecule has 0 saturated heterocycles. The Morgan fingerprint density at radius 3 is 2.79 bits per heavy atom. The quantitative estimate of drug-likeness (QED) is 0.662. The molecule has 1 aliphatic carbocycles. The highest BCUT2D eigenvalue weighted by atomic mass is 16.1. The number of carbonyl (C=O) groups excluding carboxylic acids is 1. The predicted octanol–water partition coefficient (Wildman–Crippen LogP) is 0.795. The van der Waals surface area contributed by atoms with Crippen molar-refractivity contribution in [3.63, 3.8) is 0 Å². The molecule has 0 fully saturated rings. The molecule has 0 radical (unpaired) electrons. The second kappa shape index (κ2) is 2.59. The largest absolute Gasteiger partial charge is 0.384 e. The summed E-state index contributed by atoms with van der Waals surface area (Å²) in [5.41, 5.74) is 7.68. The van der Waals surface area contributed by atoms with E-state index in [1.165, 1.54) is 0 Å². The predicted molar refractivity (Wildman–Crippen MR) is 54.0 cm³/mol. The SMILES string of the molecule is Cn1nc2c(c1N)C(C)(C)CC(=O)C2. The number of aromatic nitrogens is 2. The molecule has 0 amide bonds. The maximum atomic E-state index is 11.5. The maximum Gasteiger partial charge on any atom is 0.139 e. The number of rotatable bonds is 0. The number of anilines is 1. The molecule has 2 rings (SSSR count). The molecule has 0 atom stereocenters. The topological polar surface area (TPSA) is 60.9 Å². The summed E-state index contributed by atoms with van der Waals surface area (Å²) in [5.74, 6) is 0.943. The molecule has 4 nitrogen and oxygen atoms in total. The fraction of sp³-hybridized carbons (Fsp3) is 0.600. The second-order valence-corrected chi connectivity index (χ2v) is 4.61. The lowest BCUT2D eigenvalue weighted by molar-refractivity contribution is -0.120. The van der Waals surface area contributed by atoms with Crippen LogP contribution in [0, 0.1) is 0 Å². The monoisotopic (exact) mass is 193 g/mol. The van der Waals surface area contributed by atoms with Crippen LogP contribution in [-0.2, 0) is 23.7 Å². The Morgan fingerprint density at radius 2 is 2.14 bits per heavy atom. The number of nitrogens with zero attached hydrogens (tertiary/aromatic N) is 2. The van der Waals surface area contributed by atoms with Crippen molar-refractivity contribution in [2.75, 3.05) is 5.73 Å². The third kappa shape index (κ3) is 1.14. The van der Waals surface area contributed by atoms with Crippen molar-refractivity contribution >= 4 is 11.6 Å². The van der Waals surface area contributed by atoms with Gasteiger partial charge in [0.25, 0.3) is 0 Å². The van der Waals surface area contributed by atoms with Gasteiger partial charge in [0.1, 0.15) is 11.6 Å². The summed E-state index contributed by atoms with van der Waals surface area (Å²) in [7, 11) is 1.81. The van der Waals surface area contributed by atoms with E-state index in [-0.39, 0.29) is 11.2 Å². The molecule has 1 heterocycles. The van der Waals surface area contributed by atoms with Gasteiger partial charge in [-0.05, 0) is 0 Å². The summed E-state index contributed by atoms with van der Waals surface area (Å²) in [6.45, 7) is 4.09. The van der Waals surface area contributed by atoms with E-state index < -0.39 is 0 Å². The lowest BCUT2D eigenvalue weighted by Gasteiger charge is -2.28. The number of ketones is 1. The highest BCUT2D eigenvalue weighted by molar-refractivity contribution is 5.85. The zero-order chi connectivity index (χ0) is 10.5. The van der Waals surface area contributed by atoms with Crippen LogP contribution < -0.4 is 5.73 Å². The average Bonchev–Trinajstić information content (AvgIpc) is 2.25. The number of hydrogen-bond acceptors (Lipinski definition) is 3. The first-order chi connectivity index (χ1) is 6.42. The van der Waals surface area contributed by atoms with Crippen molar-refractivity contribution in [1.82, 2.24) is 9.78 Å². The van der Waals surface area contributed by atoms with E-state index in [2.05, 4.69) is 5.10 Å². The van der Waals surface area contributed by atoms with E-state index in [1.807, 2.05) is 20.9 Å². The summed E-state index contributed by atoms with van der Waals surface area (Å²) in [6.07, 6.45) is 1.000. The molecule has 0 unspecified atom stereocenters. The molecule has 14 heavy (non-hydrogen) atoms. The molecule has 4 heteroatoms. The lowest BCUT2D eigenvalue weighted by Crippen LogP contribution is -2.29. The van der Waals surface area contributed by atoms with Crippen molar-refractivity contribution in [3.8, 4) is 0 Å². The van der Waals surface area contributed by atoms with Gasteiger partial charge in [0.2, 0.25) is 0 Å². The Balaban J connectivity index is 2.64. The first kappa shape index (κ1) is 9.24. The van der Waals surface area contributed by atoms with Crippen molar-refractivity contribution in [1.29, 1.82) is 0 Å². The molecule has 76 valence electrons. The van der Waals surface area contributed by atoms with E-state index in [0.717, 1.165) is 11.3 Å². The number of carbonyl (C=O) groups is 1. The summed E-state index contributed by atoms with van der Waals surface area (Å²) in [6, 6.07) is 0. The van der Waals surface area contributed by atoms with Gasteiger partial charge in [-0.15, -0.1) is 0 Å². The van der Waals surface area contributed by atoms with Gasteiger partial charge in [0.05, 0.1) is 12.1 Å². The Bertz CT molecular complexity index is 404. The van der Waals surface area contributed by atoms with Gasteiger partial charge < -0.3 is 5.73 Å². The normalized spacial score (nSPS) is 19.5. The van der Waals surface area contributed by atoms with Crippen LogP contribution in [0.25, 0.3) is 0 Å². The minimum atomic E-state index is -0.164. The van der Waals surface area contributed by atoms with Crippen molar-refractivity contribution < 1.29 is 4.79 Å². The minimum absolute atomic E-state index is 0.164. The molecule has 1 aromatic heterocycles. The van der Waals surface area contributed by atoms with Gasteiger partial charge >= 0.3 is 0 Å². The molecule has 0 aromatic carbocycles. The van der Waals surface area contributed by atoms with E-state index >= 15 is 0 Å². The fourth-order valence-electron chi connectivity index (χ4n) is 2.29. The van der Waals surface area contributed by atoms with Gasteiger partial charge in [-0.2, -0.15) is 5.10 Å². The van der Waals surface area contributed by atoms with E-state index in [1.54, 1.807) is 4.68 Å². The molecule has 0 saturated carbocycles. The minimum Gasteiger partial charge on any atom is -0.384 e. The van der Waals surface area contributed by atoms with Crippen LogP contribution in [0.1, 0.15) is 31.5 Å². The van der Waals surface area contributed by atoms with E-state index in [4.69, 9.17) is 5.73 Å². The number of nitrogens with two attached hydrogens (primary N) is 1. The molecule has 1 aromatic rings. The lowest BCUT2D eigenvalue weighted by atomic mass is 9.74. The third-order valence-corrected chi connectivity index (χ3v) is 2.84. The summed E-state index contributed by atoms with van der Waals surface area (Å²) in [5, 5.41) is 4.27. The molecular weight excluding hydrogens is 178 g/mol. The van der Waals surface area contributed by atoms with E-state index in [9.17, 15) is 4.79 Å². The Kier molecular flexibility index (Phi) is 1.71. The summed E-state index contributed by atoms with van der Waals surface area (Å²) < 4.78 is 1.66. The Hall–Kier alpha value is -1.32. The van der Waals surface area contributed by atoms with Crippen LogP contribution in [-0.4, -0.2) is 15.6 Å². The number of Topliss-reactive ketones (excluding diaryl/α,β-unsaturated/α-hetero) is 1. The van der Waals surface area contributed by atoms with Crippen LogP contribution in [0.5, 0.6) is 0 Å². The number of hydrogen-bond donors (Lipinski definition) is 1. The van der Waals surface area contributed by atoms with Crippen LogP contribution >= 0.6 is 0 Å². The highest BCUT2D eigenvalue weighted by Gasteiger charge is 2.36. The first-order valence-electron chi connectivity index (χ1n) is 4.75. The first-order valence-corrected chi connectivity index (χ1v) is 4.75. The average molecular weight is 193 g/mol. The van der Waals surface area contributed by atoms with Crippen LogP contribution in [0.3, 0.4) is 0 Å². The van der Waals surface area contributed by atoms with Gasteiger partial charge in [-0.25, -0.2) is 0 Å². The van der Waals surface area contributed by atoms with Crippen molar-refractivity contribution in [3.05, 3.63) is 11.3 Å². The van der Waals surface area contributed by atoms with Crippen LogP contribution in [0.4, 0.5) is 5.82 Å². The second-order valence-electron chi connectivity index (χ2n) is 4.61. The third-order valence-electron chi connectivity index (χ3n) is 2.84. The summed E-state index contributed by atoms with van der Waals surface area (Å²) >= 11 is 0. The van der Waals surface area contributed by atoms with Gasteiger partial charge in [-0.3, -0.25) is 9.48 Å². The molecule has 2 N–H and O–H groups in total. The smallest absolute Gasteiger partial charge is 0.139 e. The Labute approximate surface area is 83.1 Å². The zero-order valence-electron chi connectivity index (χ0n) is 8.79. The summed E-state index contributed by atoms with van der Waals surface area (Å²) in [4.78, 5) is 11.5. The Morgan fingerprint density at radius 1 is 1.50 bits per heavy atom. The number of aryl methyl sites for hydroxylation is 1.